The lowest BCUT2D eigenvalue weighted by Gasteiger charge is -2.40. The molecule has 3 aromatic carbocycles. The number of anilines is 3. The molecule has 12 nitrogen and oxygen atoms in total. The van der Waals surface area contributed by atoms with Gasteiger partial charge < -0.3 is 35.8 Å². The van der Waals surface area contributed by atoms with Gasteiger partial charge in [-0.2, -0.15) is 0 Å². The van der Waals surface area contributed by atoms with Gasteiger partial charge >= 0.3 is 0 Å². The van der Waals surface area contributed by atoms with Gasteiger partial charge in [0.1, 0.15) is 0 Å². The van der Waals surface area contributed by atoms with Gasteiger partial charge in [-0.05, 0) is 41.3 Å². The van der Waals surface area contributed by atoms with Gasteiger partial charge in [-0.3, -0.25) is 14.5 Å². The van der Waals surface area contributed by atoms with Gasteiger partial charge in [0.25, 0.3) is 0 Å². The fourth-order valence-electron chi connectivity index (χ4n) is 6.22. The largest absolute Gasteiger partial charge is 0.397 e. The van der Waals surface area contributed by atoms with E-state index in [0.717, 1.165) is 60.9 Å². The number of carbonyl (C=O) groups excluding carboxylic acids is 2. The second-order valence-corrected chi connectivity index (χ2v) is 12.7. The minimum Gasteiger partial charge on any atom is -0.397 e. The van der Waals surface area contributed by atoms with Gasteiger partial charge in [0.15, 0.2) is 6.29 Å². The normalized spacial score (nSPS) is 19.5. The van der Waals surface area contributed by atoms with Crippen LogP contribution in [-0.4, -0.2) is 70.6 Å². The van der Waals surface area contributed by atoms with E-state index in [4.69, 9.17) is 15.2 Å². The first-order valence-corrected chi connectivity index (χ1v) is 17.2. The highest BCUT2D eigenvalue weighted by Crippen LogP contribution is 2.38. The molecule has 0 radical (unpaired) electrons. The number of rotatable bonds is 13. The van der Waals surface area contributed by atoms with Crippen molar-refractivity contribution in [1.82, 2.24) is 20.2 Å². The Bertz CT molecular complexity index is 1680. The first kappa shape index (κ1) is 35.0. The molecule has 3 heterocycles. The Morgan fingerprint density at radius 3 is 2.22 bits per heavy atom. The molecule has 0 bridgehead atoms. The van der Waals surface area contributed by atoms with E-state index in [-0.39, 0.29) is 43.5 Å². The van der Waals surface area contributed by atoms with Crippen molar-refractivity contribution >= 4 is 29.1 Å². The summed E-state index contributed by atoms with van der Waals surface area (Å²) in [6, 6.07) is 24.7. The number of nitrogen functional groups attached to an aromatic ring is 1. The predicted molar refractivity (Wildman–Crippen MR) is 191 cm³/mol. The highest BCUT2D eigenvalue weighted by Gasteiger charge is 2.34. The Labute approximate surface area is 292 Å². The zero-order valence-electron chi connectivity index (χ0n) is 28.1. The number of carbonyl (C=O) groups is 2. The molecule has 2 fully saturated rings. The third-order valence-corrected chi connectivity index (χ3v) is 9.07. The van der Waals surface area contributed by atoms with Crippen molar-refractivity contribution < 1.29 is 24.2 Å². The fourth-order valence-corrected chi connectivity index (χ4v) is 6.22. The lowest BCUT2D eigenvalue weighted by Crippen LogP contribution is -2.50. The van der Waals surface area contributed by atoms with Crippen LogP contribution in [0.2, 0.25) is 0 Å². The molecule has 0 saturated carbocycles. The predicted octanol–water partition coefficient (Wildman–Crippen LogP) is 4.34. The zero-order valence-corrected chi connectivity index (χ0v) is 28.1. The Morgan fingerprint density at radius 1 is 0.820 bits per heavy atom. The molecular formula is C38H45N7O5. The standard InChI is InChI=1S/C38H45N7O5/c39-32-5-1-2-6-33(32)43-36(48)8-3-7-35(47)42-24-27-9-15-30(16-10-27)37-49-31(23-34(50-37)29-13-11-28(26-46)12-14-29)25-44-19-21-45(22-20-44)38-40-17-4-18-41-38/h1-2,4-6,9-18,31,34,37,46H,3,7-8,19-26,39H2,(H,42,47)(H,43,48)/t31-,34+,37+/m1/s1. The zero-order chi connectivity index (χ0) is 34.7. The summed E-state index contributed by atoms with van der Waals surface area (Å²) in [6.07, 6.45) is 4.38. The molecule has 0 unspecified atom stereocenters. The molecule has 6 rings (SSSR count). The van der Waals surface area contributed by atoms with E-state index < -0.39 is 6.29 Å². The highest BCUT2D eigenvalue weighted by molar-refractivity contribution is 5.93. The molecule has 0 aliphatic carbocycles. The number of para-hydroxylation sites is 2. The molecule has 0 spiro atoms. The maximum Gasteiger partial charge on any atom is 0.225 e. The number of benzene rings is 3. The van der Waals surface area contributed by atoms with E-state index in [0.29, 0.717) is 30.8 Å². The minimum atomic E-state index is -0.559. The van der Waals surface area contributed by atoms with Crippen LogP contribution in [0.25, 0.3) is 0 Å². The maximum atomic E-state index is 12.5. The van der Waals surface area contributed by atoms with Gasteiger partial charge in [-0.25, -0.2) is 9.97 Å². The average Bonchev–Trinajstić information content (AvgIpc) is 3.16. The number of hydrogen-bond donors (Lipinski definition) is 4. The van der Waals surface area contributed by atoms with Gasteiger partial charge in [0.05, 0.1) is 30.2 Å². The molecule has 2 aliphatic heterocycles. The van der Waals surface area contributed by atoms with Crippen LogP contribution in [0.3, 0.4) is 0 Å². The van der Waals surface area contributed by atoms with Crippen molar-refractivity contribution in [2.24, 2.45) is 0 Å². The minimum absolute atomic E-state index is 0.00515. The molecule has 50 heavy (non-hydrogen) atoms. The van der Waals surface area contributed by atoms with Crippen LogP contribution in [0.4, 0.5) is 17.3 Å². The molecule has 1 aromatic heterocycles. The highest BCUT2D eigenvalue weighted by atomic mass is 16.7. The molecule has 2 saturated heterocycles. The summed E-state index contributed by atoms with van der Waals surface area (Å²) in [5.41, 5.74) is 10.7. The third kappa shape index (κ3) is 9.63. The van der Waals surface area contributed by atoms with Gasteiger partial charge in [-0.1, -0.05) is 60.7 Å². The summed E-state index contributed by atoms with van der Waals surface area (Å²) in [5, 5.41) is 15.3. The number of nitrogens with two attached hydrogens (primary N) is 1. The molecule has 3 atom stereocenters. The number of aromatic nitrogens is 2. The van der Waals surface area contributed by atoms with Gasteiger partial charge in [0.2, 0.25) is 17.8 Å². The van der Waals surface area contributed by atoms with Crippen LogP contribution in [0, 0.1) is 0 Å². The SMILES string of the molecule is Nc1ccccc1NC(=O)CCCC(=O)NCc1ccc([C@H]2O[C@@H](CN3CCN(c4ncccn4)CC3)C[C@@H](c3ccc(CO)cc3)O2)cc1. The Kier molecular flexibility index (Phi) is 12.0. The van der Waals surface area contributed by atoms with Crippen molar-refractivity contribution in [3.8, 4) is 0 Å². The van der Waals surface area contributed by atoms with Crippen molar-refractivity contribution in [3.05, 3.63) is 114 Å². The topological polar surface area (TPSA) is 155 Å². The first-order valence-electron chi connectivity index (χ1n) is 17.2. The van der Waals surface area contributed by atoms with Crippen LogP contribution in [0.5, 0.6) is 0 Å². The molecule has 2 aliphatic rings. The number of aliphatic hydroxyl groups is 1. The van der Waals surface area contributed by atoms with Crippen LogP contribution in [-0.2, 0) is 32.2 Å². The van der Waals surface area contributed by atoms with Crippen LogP contribution in [0.15, 0.2) is 91.3 Å². The Balaban J connectivity index is 1.01. The van der Waals surface area contributed by atoms with Crippen LogP contribution >= 0.6 is 0 Å². The Hall–Kier alpha value is -4.88. The van der Waals surface area contributed by atoms with E-state index in [1.165, 1.54) is 0 Å². The second kappa shape index (κ2) is 17.2. The third-order valence-electron chi connectivity index (χ3n) is 9.07. The van der Waals surface area contributed by atoms with Gasteiger partial charge in [0, 0.05) is 76.5 Å². The number of nitrogens with zero attached hydrogens (tertiary/aromatic N) is 4. The summed E-state index contributed by atoms with van der Waals surface area (Å²) in [5.74, 6) is 0.472. The van der Waals surface area contributed by atoms with Crippen molar-refractivity contribution in [3.63, 3.8) is 0 Å². The molecule has 12 heteroatoms. The lowest BCUT2D eigenvalue weighted by molar-refractivity contribution is -0.253. The summed E-state index contributed by atoms with van der Waals surface area (Å²) in [6.45, 7) is 4.61. The number of piperazine rings is 1. The van der Waals surface area contributed by atoms with Crippen LogP contribution in [0.1, 0.15) is 60.3 Å². The quantitative estimate of drug-likeness (QED) is 0.150. The number of aliphatic hydroxyl groups excluding tert-OH is 1. The monoisotopic (exact) mass is 679 g/mol. The number of nitrogens with one attached hydrogen (secondary N) is 2. The first-order chi connectivity index (χ1) is 24.4. The number of hydrogen-bond acceptors (Lipinski definition) is 10. The van der Waals surface area contributed by atoms with E-state index >= 15 is 0 Å². The van der Waals surface area contributed by atoms with Gasteiger partial charge in [-0.15, -0.1) is 0 Å². The second-order valence-electron chi connectivity index (χ2n) is 12.7. The average molecular weight is 680 g/mol. The smallest absolute Gasteiger partial charge is 0.225 e. The molecule has 4 aromatic rings. The maximum absolute atomic E-state index is 12.5. The van der Waals surface area contributed by atoms with E-state index in [1.807, 2.05) is 54.6 Å². The molecule has 2 amide bonds. The lowest BCUT2D eigenvalue weighted by atomic mass is 9.99. The van der Waals surface area contributed by atoms with E-state index in [1.54, 1.807) is 36.7 Å². The van der Waals surface area contributed by atoms with E-state index in [9.17, 15) is 14.7 Å². The fraction of sp³-hybridized carbons (Fsp3) is 0.368. The molecule has 5 N–H and O–H groups in total. The number of ether oxygens (including phenoxy) is 2. The summed E-state index contributed by atoms with van der Waals surface area (Å²) >= 11 is 0. The summed E-state index contributed by atoms with van der Waals surface area (Å²) in [4.78, 5) is 38.2. The van der Waals surface area contributed by atoms with Crippen molar-refractivity contribution in [2.75, 3.05) is 48.7 Å². The number of amides is 2. The molecular weight excluding hydrogens is 634 g/mol. The Morgan fingerprint density at radius 2 is 1.50 bits per heavy atom. The summed E-state index contributed by atoms with van der Waals surface area (Å²) < 4.78 is 13.1. The van der Waals surface area contributed by atoms with E-state index in [2.05, 4.69) is 30.4 Å². The van der Waals surface area contributed by atoms with Crippen molar-refractivity contribution in [2.45, 2.75) is 57.3 Å². The summed E-state index contributed by atoms with van der Waals surface area (Å²) in [7, 11) is 0. The van der Waals surface area contributed by atoms with Crippen LogP contribution < -0.4 is 21.3 Å². The van der Waals surface area contributed by atoms with Crippen molar-refractivity contribution in [1.29, 1.82) is 0 Å². The molecule has 262 valence electrons.